The van der Waals surface area contributed by atoms with Gasteiger partial charge in [0.2, 0.25) is 5.91 Å². The van der Waals surface area contributed by atoms with Crippen LogP contribution in [0.25, 0.3) is 10.2 Å². The highest BCUT2D eigenvalue weighted by Gasteiger charge is 2.21. The third kappa shape index (κ3) is 3.17. The van der Waals surface area contributed by atoms with Gasteiger partial charge in [-0.1, -0.05) is 13.8 Å². The van der Waals surface area contributed by atoms with Crippen LogP contribution in [0.2, 0.25) is 0 Å². The predicted octanol–water partition coefficient (Wildman–Crippen LogP) is 2.42. The van der Waals surface area contributed by atoms with E-state index in [2.05, 4.69) is 10.3 Å². The van der Waals surface area contributed by atoms with Crippen LogP contribution in [0.1, 0.15) is 43.0 Å². The Morgan fingerprint density at radius 3 is 2.83 bits per heavy atom. The molecule has 3 rings (SSSR count). The van der Waals surface area contributed by atoms with Crippen molar-refractivity contribution >= 4 is 27.5 Å². The van der Waals surface area contributed by atoms with Crippen LogP contribution in [-0.4, -0.2) is 22.0 Å². The monoisotopic (exact) mass is 333 g/mol. The zero-order chi connectivity index (χ0) is 16.6. The van der Waals surface area contributed by atoms with Gasteiger partial charge in [0.1, 0.15) is 17.2 Å². The molecule has 1 aliphatic rings. The van der Waals surface area contributed by atoms with Crippen molar-refractivity contribution in [3.63, 3.8) is 0 Å². The number of thiophene rings is 1. The molecular weight excluding hydrogens is 310 g/mol. The number of carbonyl (C=O) groups excluding carboxylic acids is 1. The summed E-state index contributed by atoms with van der Waals surface area (Å²) in [6.45, 7) is 6.56. The van der Waals surface area contributed by atoms with Gasteiger partial charge in [-0.2, -0.15) is 0 Å². The summed E-state index contributed by atoms with van der Waals surface area (Å²) in [7, 11) is 0. The lowest BCUT2D eigenvalue weighted by Gasteiger charge is -2.12. The van der Waals surface area contributed by atoms with E-state index < -0.39 is 0 Å². The highest BCUT2D eigenvalue weighted by molar-refractivity contribution is 7.18. The molecule has 2 aromatic rings. The van der Waals surface area contributed by atoms with Gasteiger partial charge in [0.15, 0.2) is 0 Å². The molecule has 0 unspecified atom stereocenters. The second-order valence-corrected chi connectivity index (χ2v) is 7.72. The van der Waals surface area contributed by atoms with E-state index in [1.165, 1.54) is 21.4 Å². The average Bonchev–Trinajstić information content (AvgIpc) is 2.87. The smallest absolute Gasteiger partial charge is 0.263 e. The topological polar surface area (TPSA) is 64.0 Å². The standard InChI is InChI=1S/C17H23N3O2S/c1-10(2)8-18-14(21)9-20-11(3)19-16-15(17(20)22)12-6-4-5-7-13(12)23-16/h10H,4-9H2,1-3H3,(H,18,21). The lowest BCUT2D eigenvalue weighted by Crippen LogP contribution is -2.35. The van der Waals surface area contributed by atoms with Crippen LogP contribution in [0.5, 0.6) is 0 Å². The molecule has 2 aromatic heterocycles. The summed E-state index contributed by atoms with van der Waals surface area (Å²) in [5, 5.41) is 3.61. The van der Waals surface area contributed by atoms with E-state index in [1.807, 2.05) is 13.8 Å². The molecule has 2 heterocycles. The van der Waals surface area contributed by atoms with Gasteiger partial charge < -0.3 is 5.32 Å². The quantitative estimate of drug-likeness (QED) is 0.934. The fraction of sp³-hybridized carbons (Fsp3) is 0.588. The molecule has 0 aromatic carbocycles. The maximum atomic E-state index is 12.9. The first-order valence-corrected chi connectivity index (χ1v) is 9.07. The van der Waals surface area contributed by atoms with E-state index in [0.29, 0.717) is 18.3 Å². The van der Waals surface area contributed by atoms with E-state index in [0.717, 1.165) is 29.5 Å². The maximum absolute atomic E-state index is 12.9. The number of rotatable bonds is 4. The van der Waals surface area contributed by atoms with Crippen LogP contribution in [0.4, 0.5) is 0 Å². The number of nitrogens with zero attached hydrogens (tertiary/aromatic N) is 2. The molecule has 6 heteroatoms. The summed E-state index contributed by atoms with van der Waals surface area (Å²) >= 11 is 1.64. The van der Waals surface area contributed by atoms with Crippen molar-refractivity contribution in [2.75, 3.05) is 6.54 Å². The Balaban J connectivity index is 1.97. The molecule has 0 fully saturated rings. The molecule has 1 aliphatic carbocycles. The first-order valence-electron chi connectivity index (χ1n) is 8.25. The minimum Gasteiger partial charge on any atom is -0.354 e. The Morgan fingerprint density at radius 1 is 1.35 bits per heavy atom. The number of hydrogen-bond acceptors (Lipinski definition) is 4. The van der Waals surface area contributed by atoms with E-state index in [4.69, 9.17) is 0 Å². The van der Waals surface area contributed by atoms with Gasteiger partial charge in [0, 0.05) is 11.4 Å². The summed E-state index contributed by atoms with van der Waals surface area (Å²) in [6.07, 6.45) is 4.31. The minimum atomic E-state index is -0.130. The van der Waals surface area contributed by atoms with Gasteiger partial charge in [0.25, 0.3) is 5.56 Å². The molecule has 0 bridgehead atoms. The molecule has 0 aliphatic heterocycles. The maximum Gasteiger partial charge on any atom is 0.263 e. The number of hydrogen-bond donors (Lipinski definition) is 1. The van der Waals surface area contributed by atoms with Crippen molar-refractivity contribution in [3.8, 4) is 0 Å². The van der Waals surface area contributed by atoms with E-state index in [9.17, 15) is 9.59 Å². The van der Waals surface area contributed by atoms with Gasteiger partial charge >= 0.3 is 0 Å². The number of aromatic nitrogens is 2. The van der Waals surface area contributed by atoms with Gasteiger partial charge in [-0.05, 0) is 44.1 Å². The second-order valence-electron chi connectivity index (χ2n) is 6.64. The van der Waals surface area contributed by atoms with Gasteiger partial charge in [-0.25, -0.2) is 4.98 Å². The van der Waals surface area contributed by atoms with Crippen molar-refractivity contribution in [2.24, 2.45) is 5.92 Å². The van der Waals surface area contributed by atoms with Crippen molar-refractivity contribution in [1.82, 2.24) is 14.9 Å². The number of fused-ring (bicyclic) bond motifs is 3. The molecule has 124 valence electrons. The van der Waals surface area contributed by atoms with Crippen LogP contribution in [0.3, 0.4) is 0 Å². The molecule has 0 radical (unpaired) electrons. The van der Waals surface area contributed by atoms with Crippen molar-refractivity contribution < 1.29 is 4.79 Å². The van der Waals surface area contributed by atoms with Crippen LogP contribution >= 0.6 is 11.3 Å². The van der Waals surface area contributed by atoms with Gasteiger partial charge in [-0.15, -0.1) is 11.3 Å². The third-order valence-corrected chi connectivity index (χ3v) is 5.46. The summed E-state index contributed by atoms with van der Waals surface area (Å²) in [6, 6.07) is 0. The largest absolute Gasteiger partial charge is 0.354 e. The molecule has 1 amide bonds. The number of nitrogens with one attached hydrogen (secondary N) is 1. The molecule has 1 N–H and O–H groups in total. The molecule has 0 saturated heterocycles. The third-order valence-electron chi connectivity index (χ3n) is 4.27. The Bertz CT molecular complexity index is 804. The Kier molecular flexibility index (Phi) is 4.53. The average molecular weight is 333 g/mol. The summed E-state index contributed by atoms with van der Waals surface area (Å²) in [5.74, 6) is 0.871. The molecule has 23 heavy (non-hydrogen) atoms. The lowest BCUT2D eigenvalue weighted by molar-refractivity contribution is -0.121. The molecular formula is C17H23N3O2S. The number of aryl methyl sites for hydroxylation is 3. The Labute approximate surface area is 139 Å². The highest BCUT2D eigenvalue weighted by atomic mass is 32.1. The van der Waals surface area contributed by atoms with Crippen molar-refractivity contribution in [3.05, 3.63) is 26.6 Å². The zero-order valence-electron chi connectivity index (χ0n) is 13.9. The molecule has 5 nitrogen and oxygen atoms in total. The number of amides is 1. The first kappa shape index (κ1) is 16.2. The molecule has 0 spiro atoms. The number of carbonyl (C=O) groups is 1. The normalized spacial score (nSPS) is 14.3. The first-order chi connectivity index (χ1) is 11.0. The van der Waals surface area contributed by atoms with E-state index >= 15 is 0 Å². The van der Waals surface area contributed by atoms with Crippen LogP contribution in [-0.2, 0) is 24.2 Å². The van der Waals surface area contributed by atoms with Crippen LogP contribution in [0, 0.1) is 12.8 Å². The fourth-order valence-corrected chi connectivity index (χ4v) is 4.34. The summed E-state index contributed by atoms with van der Waals surface area (Å²) < 4.78 is 1.51. The Hall–Kier alpha value is -1.69. The predicted molar refractivity (Wildman–Crippen MR) is 93.1 cm³/mol. The summed E-state index contributed by atoms with van der Waals surface area (Å²) in [5.41, 5.74) is 1.11. The fourth-order valence-electron chi connectivity index (χ4n) is 3.04. The second kappa shape index (κ2) is 6.43. The van der Waals surface area contributed by atoms with Gasteiger partial charge in [-0.3, -0.25) is 14.2 Å². The zero-order valence-corrected chi connectivity index (χ0v) is 14.8. The van der Waals surface area contributed by atoms with Crippen molar-refractivity contribution in [1.29, 1.82) is 0 Å². The molecule has 0 atom stereocenters. The van der Waals surface area contributed by atoms with Crippen LogP contribution < -0.4 is 10.9 Å². The van der Waals surface area contributed by atoms with E-state index in [-0.39, 0.29) is 18.0 Å². The van der Waals surface area contributed by atoms with Gasteiger partial charge in [0.05, 0.1) is 5.39 Å². The molecule has 0 saturated carbocycles. The van der Waals surface area contributed by atoms with Crippen LogP contribution in [0.15, 0.2) is 4.79 Å². The lowest BCUT2D eigenvalue weighted by atomic mass is 9.97. The summed E-state index contributed by atoms with van der Waals surface area (Å²) in [4.78, 5) is 31.7. The highest BCUT2D eigenvalue weighted by Crippen LogP contribution is 2.33. The van der Waals surface area contributed by atoms with Crippen molar-refractivity contribution in [2.45, 2.75) is 53.0 Å². The SMILES string of the molecule is Cc1nc2sc3c(c2c(=O)n1CC(=O)NCC(C)C)CCCC3. The van der Waals surface area contributed by atoms with E-state index in [1.54, 1.807) is 18.3 Å². The Morgan fingerprint density at radius 2 is 2.09 bits per heavy atom. The minimum absolute atomic E-state index is 0.0466.